The van der Waals surface area contributed by atoms with Crippen molar-refractivity contribution in [2.24, 2.45) is 11.7 Å². The third kappa shape index (κ3) is 2.44. The highest BCUT2D eigenvalue weighted by atomic mass is 32.1. The second-order valence-electron chi connectivity index (χ2n) is 5.60. The van der Waals surface area contributed by atoms with Crippen LogP contribution >= 0.6 is 12.2 Å². The topological polar surface area (TPSA) is 54.2 Å². The molecule has 3 saturated heterocycles. The maximum atomic E-state index is 5.84. The van der Waals surface area contributed by atoms with Gasteiger partial charge in [-0.3, -0.25) is 0 Å². The van der Waals surface area contributed by atoms with Crippen LogP contribution < -0.4 is 11.1 Å². The Morgan fingerprint density at radius 2 is 2.21 bits per heavy atom. The number of nitrogens with one attached hydrogen (secondary N) is 1. The summed E-state index contributed by atoms with van der Waals surface area (Å²) in [6, 6.07) is 2.43. The molecule has 1 aromatic heterocycles. The van der Waals surface area contributed by atoms with Crippen LogP contribution in [0.25, 0.3) is 0 Å². The first-order chi connectivity index (χ1) is 9.15. The SMILES string of the molecule is Cc1ccnc(NC2CN3CCC2CC3)c1C(N)=S. The average molecular weight is 276 g/mol. The van der Waals surface area contributed by atoms with Gasteiger partial charge in [-0.1, -0.05) is 12.2 Å². The van der Waals surface area contributed by atoms with E-state index in [9.17, 15) is 0 Å². The lowest BCUT2D eigenvalue weighted by molar-refractivity contribution is 0.0974. The van der Waals surface area contributed by atoms with E-state index >= 15 is 0 Å². The van der Waals surface area contributed by atoms with Crippen LogP contribution in [0.2, 0.25) is 0 Å². The number of pyridine rings is 1. The number of thiocarbonyl (C=S) groups is 1. The number of hydrogen-bond acceptors (Lipinski definition) is 4. The van der Waals surface area contributed by atoms with Gasteiger partial charge < -0.3 is 16.0 Å². The van der Waals surface area contributed by atoms with Crippen molar-refractivity contribution in [3.05, 3.63) is 23.4 Å². The molecule has 0 spiro atoms. The minimum atomic E-state index is 0.425. The smallest absolute Gasteiger partial charge is 0.136 e. The van der Waals surface area contributed by atoms with Crippen LogP contribution in [0.4, 0.5) is 5.82 Å². The molecule has 4 heterocycles. The molecule has 5 heteroatoms. The van der Waals surface area contributed by atoms with Crippen molar-refractivity contribution < 1.29 is 0 Å². The van der Waals surface area contributed by atoms with Crippen LogP contribution in [0.1, 0.15) is 24.0 Å². The van der Waals surface area contributed by atoms with E-state index < -0.39 is 0 Å². The molecule has 0 amide bonds. The summed E-state index contributed by atoms with van der Waals surface area (Å²) in [4.78, 5) is 7.39. The number of fused-ring (bicyclic) bond motifs is 3. The molecule has 0 aromatic carbocycles. The fourth-order valence-electron chi connectivity index (χ4n) is 3.28. The van der Waals surface area contributed by atoms with Crippen LogP contribution in [0.15, 0.2) is 12.3 Å². The van der Waals surface area contributed by atoms with E-state index in [1.54, 1.807) is 0 Å². The van der Waals surface area contributed by atoms with Gasteiger partial charge >= 0.3 is 0 Å². The monoisotopic (exact) mass is 276 g/mol. The van der Waals surface area contributed by atoms with Gasteiger partial charge in [0, 0.05) is 18.8 Å². The summed E-state index contributed by atoms with van der Waals surface area (Å²) in [5, 5.41) is 3.58. The molecule has 0 aliphatic carbocycles. The summed E-state index contributed by atoms with van der Waals surface area (Å²) in [6.07, 6.45) is 4.39. The molecule has 2 bridgehead atoms. The van der Waals surface area contributed by atoms with Crippen LogP contribution in [0, 0.1) is 12.8 Å². The molecular formula is C14H20N4S. The highest BCUT2D eigenvalue weighted by molar-refractivity contribution is 7.80. The highest BCUT2D eigenvalue weighted by Crippen LogP contribution is 2.30. The molecule has 3 aliphatic heterocycles. The zero-order chi connectivity index (χ0) is 13.4. The van der Waals surface area contributed by atoms with E-state index in [0.29, 0.717) is 11.0 Å². The fraction of sp³-hybridized carbons (Fsp3) is 0.571. The van der Waals surface area contributed by atoms with E-state index in [2.05, 4.69) is 15.2 Å². The normalized spacial score (nSPS) is 29.2. The molecule has 102 valence electrons. The number of aryl methyl sites for hydroxylation is 1. The van der Waals surface area contributed by atoms with Crippen molar-refractivity contribution in [3.8, 4) is 0 Å². The van der Waals surface area contributed by atoms with Gasteiger partial charge in [-0.25, -0.2) is 4.98 Å². The van der Waals surface area contributed by atoms with Crippen LogP contribution in [-0.4, -0.2) is 40.5 Å². The summed E-state index contributed by atoms with van der Waals surface area (Å²) in [5.41, 5.74) is 7.82. The van der Waals surface area contributed by atoms with E-state index in [0.717, 1.165) is 29.4 Å². The van der Waals surface area contributed by atoms with Gasteiger partial charge in [0.1, 0.15) is 10.8 Å². The van der Waals surface area contributed by atoms with Crippen molar-refractivity contribution in [2.45, 2.75) is 25.8 Å². The number of piperidine rings is 3. The molecule has 3 fully saturated rings. The Labute approximate surface area is 119 Å². The van der Waals surface area contributed by atoms with Crippen LogP contribution in [0.5, 0.6) is 0 Å². The quantitative estimate of drug-likeness (QED) is 0.820. The Bertz CT molecular complexity index is 494. The van der Waals surface area contributed by atoms with Crippen LogP contribution in [0.3, 0.4) is 0 Å². The number of anilines is 1. The van der Waals surface area contributed by atoms with Gasteiger partial charge in [0.2, 0.25) is 0 Å². The molecule has 1 unspecified atom stereocenters. The molecule has 3 N–H and O–H groups in total. The van der Waals surface area contributed by atoms with Gasteiger partial charge in [-0.15, -0.1) is 0 Å². The lowest BCUT2D eigenvalue weighted by atomic mass is 9.84. The third-order valence-electron chi connectivity index (χ3n) is 4.38. The van der Waals surface area contributed by atoms with Gasteiger partial charge in [0.05, 0.1) is 5.56 Å². The molecule has 3 aliphatic rings. The van der Waals surface area contributed by atoms with Gasteiger partial charge in [-0.2, -0.15) is 0 Å². The number of rotatable bonds is 3. The van der Waals surface area contributed by atoms with Crippen molar-refractivity contribution >= 4 is 23.0 Å². The van der Waals surface area contributed by atoms with Crippen molar-refractivity contribution in [2.75, 3.05) is 25.0 Å². The maximum absolute atomic E-state index is 5.84. The van der Waals surface area contributed by atoms with Gasteiger partial charge in [0.25, 0.3) is 0 Å². The first-order valence-corrected chi connectivity index (χ1v) is 7.30. The molecular weight excluding hydrogens is 256 g/mol. The second kappa shape index (κ2) is 5.06. The van der Waals surface area contributed by atoms with E-state index in [-0.39, 0.29) is 0 Å². The number of hydrogen-bond donors (Lipinski definition) is 2. The Hall–Kier alpha value is -1.20. The van der Waals surface area contributed by atoms with E-state index in [1.165, 1.54) is 25.9 Å². The zero-order valence-corrected chi connectivity index (χ0v) is 12.0. The molecule has 19 heavy (non-hydrogen) atoms. The third-order valence-corrected chi connectivity index (χ3v) is 4.59. The zero-order valence-electron chi connectivity index (χ0n) is 11.2. The van der Waals surface area contributed by atoms with E-state index in [4.69, 9.17) is 18.0 Å². The average Bonchev–Trinajstić information content (AvgIpc) is 2.39. The fourth-order valence-corrected chi connectivity index (χ4v) is 3.54. The summed E-state index contributed by atoms with van der Waals surface area (Å²) in [5.74, 6) is 1.61. The van der Waals surface area contributed by atoms with Gasteiger partial charge in [-0.05, 0) is 50.4 Å². The lowest BCUT2D eigenvalue weighted by Crippen LogP contribution is -2.53. The van der Waals surface area contributed by atoms with Crippen molar-refractivity contribution in [1.29, 1.82) is 0 Å². The molecule has 1 atom stereocenters. The minimum Gasteiger partial charge on any atom is -0.389 e. The van der Waals surface area contributed by atoms with Crippen molar-refractivity contribution in [1.82, 2.24) is 9.88 Å². The Morgan fingerprint density at radius 1 is 1.47 bits per heavy atom. The molecule has 1 aromatic rings. The summed E-state index contributed by atoms with van der Waals surface area (Å²) in [6.45, 7) is 5.62. The van der Waals surface area contributed by atoms with Crippen molar-refractivity contribution in [3.63, 3.8) is 0 Å². The molecule has 4 nitrogen and oxygen atoms in total. The first kappa shape index (κ1) is 12.8. The summed E-state index contributed by atoms with van der Waals surface area (Å²) in [7, 11) is 0. The first-order valence-electron chi connectivity index (χ1n) is 6.89. The van der Waals surface area contributed by atoms with Gasteiger partial charge in [0.15, 0.2) is 0 Å². The Balaban J connectivity index is 1.84. The number of aromatic nitrogens is 1. The Morgan fingerprint density at radius 3 is 2.79 bits per heavy atom. The standard InChI is InChI=1S/C14H20N4S/c1-9-2-5-16-14(12(9)13(15)19)17-11-8-18-6-3-10(11)4-7-18/h2,5,10-11H,3-4,6-8H2,1H3,(H2,15,19)(H,16,17). The van der Waals surface area contributed by atoms with Crippen LogP contribution in [-0.2, 0) is 0 Å². The minimum absolute atomic E-state index is 0.425. The largest absolute Gasteiger partial charge is 0.389 e. The molecule has 0 radical (unpaired) electrons. The predicted molar refractivity (Wildman–Crippen MR) is 81.4 cm³/mol. The lowest BCUT2D eigenvalue weighted by Gasteiger charge is -2.45. The molecule has 4 rings (SSSR count). The Kier molecular flexibility index (Phi) is 3.41. The molecule has 0 saturated carbocycles. The summed E-state index contributed by atoms with van der Waals surface area (Å²) < 4.78 is 0. The number of nitrogens with zero attached hydrogens (tertiary/aromatic N) is 2. The highest BCUT2D eigenvalue weighted by Gasteiger charge is 2.34. The maximum Gasteiger partial charge on any atom is 0.136 e. The summed E-state index contributed by atoms with van der Waals surface area (Å²) >= 11 is 5.16. The predicted octanol–water partition coefficient (Wildman–Crippen LogP) is 1.53. The van der Waals surface area contributed by atoms with E-state index in [1.807, 2.05) is 19.2 Å². The second-order valence-corrected chi connectivity index (χ2v) is 6.04. The number of nitrogens with two attached hydrogens (primary N) is 1.